The fourth-order valence-corrected chi connectivity index (χ4v) is 2.37. The highest BCUT2D eigenvalue weighted by molar-refractivity contribution is 5.93. The van der Waals surface area contributed by atoms with E-state index in [1.54, 1.807) is 13.1 Å². The van der Waals surface area contributed by atoms with E-state index < -0.39 is 17.2 Å². The monoisotopic (exact) mass is 316 g/mol. The van der Waals surface area contributed by atoms with E-state index in [0.717, 1.165) is 16.5 Å². The van der Waals surface area contributed by atoms with Crippen LogP contribution < -0.4 is 5.73 Å². The topological polar surface area (TPSA) is 74.3 Å². The van der Waals surface area contributed by atoms with Crippen LogP contribution in [0.5, 0.6) is 0 Å². The molecule has 0 amide bonds. The maximum Gasteiger partial charge on any atom is 0.419 e. The van der Waals surface area contributed by atoms with Crippen LogP contribution in [0.25, 0.3) is 10.9 Å². The number of rotatable bonds is 3. The number of Topliss-reactive ketones (excluding diaryl/α,β-unsaturated/α-hetero) is 1. The van der Waals surface area contributed by atoms with Gasteiger partial charge in [-0.25, -0.2) is 4.79 Å². The number of fused-ring (bicyclic) bond motifs is 1. The smallest absolute Gasteiger partial charge is 0.419 e. The Hall–Kier alpha value is -2.14. The van der Waals surface area contributed by atoms with Crippen LogP contribution >= 0.6 is 0 Å². The lowest BCUT2D eigenvalue weighted by atomic mass is 9.90. The van der Waals surface area contributed by atoms with E-state index >= 15 is 0 Å². The molecule has 0 spiro atoms. The van der Waals surface area contributed by atoms with Gasteiger partial charge < -0.3 is 10.5 Å². The van der Waals surface area contributed by atoms with Crippen molar-refractivity contribution >= 4 is 22.8 Å². The predicted molar refractivity (Wildman–Crippen MR) is 90.5 cm³/mol. The second-order valence-electron chi connectivity index (χ2n) is 7.17. The second kappa shape index (κ2) is 5.81. The van der Waals surface area contributed by atoms with Gasteiger partial charge in [0.05, 0.1) is 11.1 Å². The number of hydrogen-bond donors (Lipinski definition) is 1. The van der Waals surface area contributed by atoms with Crippen LogP contribution in [0.3, 0.4) is 0 Å². The molecule has 5 nitrogen and oxygen atoms in total. The van der Waals surface area contributed by atoms with Crippen LogP contribution in [0.1, 0.15) is 40.2 Å². The van der Waals surface area contributed by atoms with Gasteiger partial charge in [-0.05, 0) is 52.7 Å². The maximum atomic E-state index is 12.4. The zero-order valence-electron chi connectivity index (χ0n) is 14.3. The van der Waals surface area contributed by atoms with Crippen molar-refractivity contribution in [1.82, 2.24) is 4.57 Å². The van der Waals surface area contributed by atoms with E-state index in [2.05, 4.69) is 0 Å². The SMILES string of the molecule is CC(=O)[C@](C)(N)Cc1cn(C(=O)OC(C)(C)C)c2ccccc12. The number of nitrogens with two attached hydrogens (primary N) is 1. The molecule has 0 radical (unpaired) electrons. The van der Waals surface area contributed by atoms with Gasteiger partial charge >= 0.3 is 6.09 Å². The molecule has 0 saturated heterocycles. The van der Waals surface area contributed by atoms with Crippen molar-refractivity contribution in [3.8, 4) is 0 Å². The zero-order valence-corrected chi connectivity index (χ0v) is 14.3. The van der Waals surface area contributed by atoms with Crippen molar-refractivity contribution in [2.45, 2.75) is 52.2 Å². The summed E-state index contributed by atoms with van der Waals surface area (Å²) in [5.74, 6) is -0.0911. The number of aromatic nitrogens is 1. The minimum absolute atomic E-state index is 0.0911. The molecule has 0 aliphatic carbocycles. The average Bonchev–Trinajstić information content (AvgIpc) is 2.75. The number of carbonyl (C=O) groups is 2. The van der Waals surface area contributed by atoms with Crippen LogP contribution in [0.4, 0.5) is 4.79 Å². The Morgan fingerprint density at radius 1 is 1.17 bits per heavy atom. The Morgan fingerprint density at radius 2 is 1.78 bits per heavy atom. The summed E-state index contributed by atoms with van der Waals surface area (Å²) in [6.45, 7) is 8.65. The summed E-state index contributed by atoms with van der Waals surface area (Å²) in [5, 5.41) is 0.899. The number of ether oxygens (including phenoxy) is 1. The van der Waals surface area contributed by atoms with E-state index in [0.29, 0.717) is 6.42 Å². The van der Waals surface area contributed by atoms with Crippen molar-refractivity contribution in [3.05, 3.63) is 36.0 Å². The highest BCUT2D eigenvalue weighted by atomic mass is 16.6. The molecule has 2 rings (SSSR count). The van der Waals surface area contributed by atoms with Gasteiger partial charge in [-0.1, -0.05) is 18.2 Å². The van der Waals surface area contributed by atoms with Gasteiger partial charge in [0.1, 0.15) is 11.4 Å². The molecule has 0 aliphatic heterocycles. The summed E-state index contributed by atoms with van der Waals surface area (Å²) in [6, 6.07) is 7.53. The van der Waals surface area contributed by atoms with E-state index in [1.165, 1.54) is 11.5 Å². The number of hydrogen-bond acceptors (Lipinski definition) is 4. The van der Waals surface area contributed by atoms with Gasteiger partial charge in [-0.15, -0.1) is 0 Å². The Kier molecular flexibility index (Phi) is 4.35. The minimum atomic E-state index is -0.969. The van der Waals surface area contributed by atoms with Crippen molar-refractivity contribution in [2.24, 2.45) is 5.73 Å². The first-order valence-electron chi connectivity index (χ1n) is 7.63. The minimum Gasteiger partial charge on any atom is -0.443 e. The lowest BCUT2D eigenvalue weighted by Crippen LogP contribution is -2.45. The number of benzene rings is 1. The first-order chi connectivity index (χ1) is 10.5. The molecule has 1 heterocycles. The molecule has 0 fully saturated rings. The van der Waals surface area contributed by atoms with Gasteiger partial charge in [-0.2, -0.15) is 0 Å². The highest BCUT2D eigenvalue weighted by Crippen LogP contribution is 2.25. The van der Waals surface area contributed by atoms with Crippen LogP contribution in [-0.2, 0) is 16.0 Å². The molecule has 5 heteroatoms. The molecule has 0 unspecified atom stereocenters. The first kappa shape index (κ1) is 17.2. The lowest BCUT2D eigenvalue weighted by Gasteiger charge is -2.20. The summed E-state index contributed by atoms with van der Waals surface area (Å²) in [7, 11) is 0. The van der Waals surface area contributed by atoms with Crippen LogP contribution in [-0.4, -0.2) is 27.6 Å². The normalized spacial score (nSPS) is 14.5. The summed E-state index contributed by atoms with van der Waals surface area (Å²) in [6.07, 6.45) is 1.63. The molecule has 1 aromatic heterocycles. The van der Waals surface area contributed by atoms with E-state index in [4.69, 9.17) is 10.5 Å². The highest BCUT2D eigenvalue weighted by Gasteiger charge is 2.28. The molecule has 23 heavy (non-hydrogen) atoms. The Morgan fingerprint density at radius 3 is 2.35 bits per heavy atom. The predicted octanol–water partition coefficient (Wildman–Crippen LogP) is 3.27. The third-order valence-electron chi connectivity index (χ3n) is 3.75. The van der Waals surface area contributed by atoms with Crippen LogP contribution in [0.2, 0.25) is 0 Å². The molecule has 2 N–H and O–H groups in total. The molecular weight excluding hydrogens is 292 g/mol. The third-order valence-corrected chi connectivity index (χ3v) is 3.75. The Balaban J connectivity index is 2.49. The summed E-state index contributed by atoms with van der Waals surface area (Å²) < 4.78 is 6.93. The summed E-state index contributed by atoms with van der Waals surface area (Å²) >= 11 is 0. The number of nitrogens with zero attached hydrogens (tertiary/aromatic N) is 1. The number of para-hydroxylation sites is 1. The molecular formula is C18H24N2O3. The fraction of sp³-hybridized carbons (Fsp3) is 0.444. The van der Waals surface area contributed by atoms with Gasteiger partial charge in [0, 0.05) is 11.6 Å². The van der Waals surface area contributed by atoms with E-state index in [9.17, 15) is 9.59 Å². The molecule has 0 aliphatic rings. The molecule has 0 saturated carbocycles. The van der Waals surface area contributed by atoms with Gasteiger partial charge in [0.25, 0.3) is 0 Å². The maximum absolute atomic E-state index is 12.4. The van der Waals surface area contributed by atoms with Crippen LogP contribution in [0.15, 0.2) is 30.5 Å². The summed E-state index contributed by atoms with van der Waals surface area (Å²) in [5.41, 5.74) is 6.15. The average molecular weight is 316 g/mol. The zero-order chi connectivity index (χ0) is 17.4. The Bertz CT molecular complexity index is 751. The molecule has 2 aromatic rings. The van der Waals surface area contributed by atoms with Crippen molar-refractivity contribution in [3.63, 3.8) is 0 Å². The first-order valence-corrected chi connectivity index (χ1v) is 7.63. The van der Waals surface area contributed by atoms with Crippen LogP contribution in [0, 0.1) is 0 Å². The largest absolute Gasteiger partial charge is 0.443 e. The van der Waals surface area contributed by atoms with Crippen molar-refractivity contribution < 1.29 is 14.3 Å². The van der Waals surface area contributed by atoms with Gasteiger partial charge in [-0.3, -0.25) is 9.36 Å². The van der Waals surface area contributed by atoms with Gasteiger partial charge in [0.15, 0.2) is 0 Å². The molecule has 124 valence electrons. The molecule has 1 atom stereocenters. The lowest BCUT2D eigenvalue weighted by molar-refractivity contribution is -0.121. The van der Waals surface area contributed by atoms with Crippen molar-refractivity contribution in [1.29, 1.82) is 0 Å². The standard InChI is InChI=1S/C18H24N2O3/c1-12(21)18(5,19)10-13-11-20(16(22)23-17(2,3)4)15-9-7-6-8-14(13)15/h6-9,11H,10,19H2,1-5H3/t18-/m1/s1. The fourth-order valence-electron chi connectivity index (χ4n) is 2.37. The van der Waals surface area contributed by atoms with Crippen molar-refractivity contribution in [2.75, 3.05) is 0 Å². The van der Waals surface area contributed by atoms with Gasteiger partial charge in [0.2, 0.25) is 0 Å². The van der Waals surface area contributed by atoms with E-state index in [-0.39, 0.29) is 5.78 Å². The number of ketones is 1. The Labute approximate surface area is 136 Å². The van der Waals surface area contributed by atoms with E-state index in [1.807, 2.05) is 45.0 Å². The molecule has 0 bridgehead atoms. The molecule has 1 aromatic carbocycles. The third kappa shape index (κ3) is 3.79. The number of carbonyl (C=O) groups excluding carboxylic acids is 2. The quantitative estimate of drug-likeness (QED) is 0.943. The second-order valence-corrected chi connectivity index (χ2v) is 7.17. The summed E-state index contributed by atoms with van der Waals surface area (Å²) in [4.78, 5) is 24.1.